The Kier molecular flexibility index (Phi) is 5.41. The Morgan fingerprint density at radius 1 is 1.33 bits per heavy atom. The Morgan fingerprint density at radius 3 is 2.81 bits per heavy atom. The van der Waals surface area contributed by atoms with Crippen LogP contribution in [0.3, 0.4) is 0 Å². The summed E-state index contributed by atoms with van der Waals surface area (Å²) in [4.78, 5) is 6.10. The van der Waals surface area contributed by atoms with Gasteiger partial charge in [-0.15, -0.1) is 11.8 Å². The minimum absolute atomic E-state index is 0.622. The Morgan fingerprint density at radius 2 is 2.11 bits per heavy atom. The van der Waals surface area contributed by atoms with Gasteiger partial charge in [0.15, 0.2) is 5.11 Å². The second-order valence-corrected chi connectivity index (χ2v) is 8.99. The molecule has 1 aliphatic carbocycles. The maximum atomic E-state index is 5.68. The zero-order chi connectivity index (χ0) is 19.1. The molecule has 2 aliphatic rings. The first-order valence-electron chi connectivity index (χ1n) is 10.0. The highest BCUT2D eigenvalue weighted by Crippen LogP contribution is 2.45. The van der Waals surface area contributed by atoms with Crippen molar-refractivity contribution in [2.75, 3.05) is 38.4 Å². The second kappa shape index (κ2) is 7.64. The standard InChI is InChI=1S/C21H30N4S2/c1-5-24(6-2)21(26)22-25-13-14-10-18-16(8-7-9-23(18)3)17-11-15(27-4)12-19(25)20(14)17/h11-13,16,18H,5-10H2,1-4H3,(H,22,26)/t16-,18-/m1/s1. The molecule has 1 fully saturated rings. The third kappa shape index (κ3) is 3.26. The van der Waals surface area contributed by atoms with Crippen LogP contribution in [-0.2, 0) is 6.42 Å². The normalized spacial score (nSPS) is 21.9. The molecule has 4 rings (SSSR count). The van der Waals surface area contributed by atoms with E-state index < -0.39 is 0 Å². The van der Waals surface area contributed by atoms with Crippen LogP contribution in [0.5, 0.6) is 0 Å². The van der Waals surface area contributed by atoms with E-state index >= 15 is 0 Å². The third-order valence-corrected chi connectivity index (χ3v) is 7.43. The van der Waals surface area contributed by atoms with Gasteiger partial charge in [-0.3, -0.25) is 10.1 Å². The Bertz CT molecular complexity index is 855. The van der Waals surface area contributed by atoms with E-state index in [4.69, 9.17) is 12.2 Å². The van der Waals surface area contributed by atoms with Crippen LogP contribution in [0.4, 0.5) is 0 Å². The number of hydrogen-bond acceptors (Lipinski definition) is 3. The maximum Gasteiger partial charge on any atom is 0.188 e. The summed E-state index contributed by atoms with van der Waals surface area (Å²) in [7, 11) is 2.29. The fraction of sp³-hybridized carbons (Fsp3) is 0.571. The molecule has 0 spiro atoms. The van der Waals surface area contributed by atoms with E-state index in [-0.39, 0.29) is 0 Å². The molecule has 0 amide bonds. The van der Waals surface area contributed by atoms with Crippen molar-refractivity contribution in [3.63, 3.8) is 0 Å². The highest BCUT2D eigenvalue weighted by atomic mass is 32.2. The Hall–Kier alpha value is -1.24. The first kappa shape index (κ1) is 19.1. The largest absolute Gasteiger partial charge is 0.348 e. The summed E-state index contributed by atoms with van der Waals surface area (Å²) in [6.07, 6.45) is 8.19. The number of thioether (sulfide) groups is 1. The number of nitrogens with one attached hydrogen (secondary N) is 1. The summed E-state index contributed by atoms with van der Waals surface area (Å²) in [5, 5.41) is 2.26. The molecule has 0 radical (unpaired) electrons. The quantitative estimate of drug-likeness (QED) is 0.608. The number of fused-ring (bicyclic) bond motifs is 2. The fourth-order valence-corrected chi connectivity index (χ4v) is 5.74. The zero-order valence-electron chi connectivity index (χ0n) is 16.8. The number of rotatable bonds is 4. The molecule has 1 N–H and O–H groups in total. The van der Waals surface area contributed by atoms with Crippen LogP contribution in [0.2, 0.25) is 0 Å². The summed E-state index contributed by atoms with van der Waals surface area (Å²) >= 11 is 7.51. The van der Waals surface area contributed by atoms with E-state index in [9.17, 15) is 0 Å². The lowest BCUT2D eigenvalue weighted by Crippen LogP contribution is -2.44. The van der Waals surface area contributed by atoms with Crippen molar-refractivity contribution in [2.24, 2.45) is 0 Å². The van der Waals surface area contributed by atoms with E-state index in [1.54, 1.807) is 5.56 Å². The van der Waals surface area contributed by atoms with Gasteiger partial charge in [-0.1, -0.05) is 0 Å². The van der Waals surface area contributed by atoms with E-state index in [2.05, 4.69) is 65.4 Å². The number of likely N-dealkylation sites (tertiary alicyclic amines) is 1. The van der Waals surface area contributed by atoms with Crippen LogP contribution in [0.1, 0.15) is 43.7 Å². The molecule has 2 atom stereocenters. The smallest absolute Gasteiger partial charge is 0.188 e. The molecule has 1 saturated heterocycles. The predicted molar refractivity (Wildman–Crippen MR) is 121 cm³/mol. The molecule has 0 unspecified atom stereocenters. The summed E-state index contributed by atoms with van der Waals surface area (Å²) in [6.45, 7) is 7.35. The molecule has 2 heterocycles. The summed E-state index contributed by atoms with van der Waals surface area (Å²) < 4.78 is 2.17. The van der Waals surface area contributed by atoms with Crippen LogP contribution in [0.25, 0.3) is 10.9 Å². The molecule has 1 aromatic carbocycles. The van der Waals surface area contributed by atoms with Gasteiger partial charge in [0, 0.05) is 41.5 Å². The first-order chi connectivity index (χ1) is 13.1. The average molecular weight is 403 g/mol. The monoisotopic (exact) mass is 402 g/mol. The van der Waals surface area contributed by atoms with Crippen LogP contribution >= 0.6 is 24.0 Å². The van der Waals surface area contributed by atoms with E-state index in [0.717, 1.165) is 24.6 Å². The lowest BCUT2D eigenvalue weighted by Gasteiger charge is -2.42. The van der Waals surface area contributed by atoms with Gasteiger partial charge in [0.1, 0.15) is 0 Å². The number of hydrogen-bond donors (Lipinski definition) is 1. The average Bonchev–Trinajstić information content (AvgIpc) is 3.01. The van der Waals surface area contributed by atoms with Crippen LogP contribution in [-0.4, -0.2) is 58.6 Å². The van der Waals surface area contributed by atoms with Gasteiger partial charge < -0.3 is 9.80 Å². The fourth-order valence-electron chi connectivity index (χ4n) is 4.91. The third-order valence-electron chi connectivity index (χ3n) is 6.37. The van der Waals surface area contributed by atoms with Crippen LogP contribution < -0.4 is 5.43 Å². The molecule has 2 aromatic rings. The Balaban J connectivity index is 1.81. The number of likely N-dealkylation sites (N-methyl/N-ethyl adjacent to an activating group) is 1. The van der Waals surface area contributed by atoms with E-state index in [1.807, 2.05) is 11.8 Å². The molecule has 1 aliphatic heterocycles. The topological polar surface area (TPSA) is 23.4 Å². The van der Waals surface area contributed by atoms with Gasteiger partial charge in [-0.2, -0.15) is 0 Å². The molecule has 0 saturated carbocycles. The number of thiocarbonyl (C=S) groups is 1. The lowest BCUT2D eigenvalue weighted by atomic mass is 9.75. The van der Waals surface area contributed by atoms with Gasteiger partial charge in [0.25, 0.3) is 0 Å². The first-order valence-corrected chi connectivity index (χ1v) is 11.7. The van der Waals surface area contributed by atoms with Crippen molar-refractivity contribution in [1.82, 2.24) is 14.5 Å². The number of piperidine rings is 1. The summed E-state index contributed by atoms with van der Waals surface area (Å²) in [6, 6.07) is 5.38. The summed E-state index contributed by atoms with van der Waals surface area (Å²) in [5.41, 5.74) is 7.76. The van der Waals surface area contributed by atoms with E-state index in [0.29, 0.717) is 12.0 Å². The molecular weight excluding hydrogens is 372 g/mol. The van der Waals surface area contributed by atoms with Crippen molar-refractivity contribution in [2.45, 2.75) is 50.0 Å². The van der Waals surface area contributed by atoms with Gasteiger partial charge in [0.2, 0.25) is 0 Å². The molecule has 6 heteroatoms. The zero-order valence-corrected chi connectivity index (χ0v) is 18.4. The minimum Gasteiger partial charge on any atom is -0.348 e. The number of nitrogens with zero attached hydrogens (tertiary/aromatic N) is 3. The predicted octanol–water partition coefficient (Wildman–Crippen LogP) is 4.27. The Labute approximate surface area is 172 Å². The highest BCUT2D eigenvalue weighted by molar-refractivity contribution is 7.98. The van der Waals surface area contributed by atoms with Gasteiger partial charge in [0.05, 0.1) is 5.52 Å². The molecule has 1 aromatic heterocycles. The summed E-state index contributed by atoms with van der Waals surface area (Å²) in [5.74, 6) is 0.649. The van der Waals surface area contributed by atoms with Crippen molar-refractivity contribution in [3.05, 3.63) is 29.5 Å². The number of benzene rings is 1. The van der Waals surface area contributed by atoms with Gasteiger partial charge >= 0.3 is 0 Å². The highest BCUT2D eigenvalue weighted by Gasteiger charge is 2.36. The molecule has 27 heavy (non-hydrogen) atoms. The SMILES string of the molecule is CCN(CC)C(=S)Nn1cc2c3c(cc(SC)cc31)[C@H]1CCCN(C)[C@@H]1C2. The van der Waals surface area contributed by atoms with Crippen LogP contribution in [0, 0.1) is 0 Å². The lowest BCUT2D eigenvalue weighted by molar-refractivity contribution is 0.157. The van der Waals surface area contributed by atoms with E-state index in [1.165, 1.54) is 40.7 Å². The molecule has 0 bridgehead atoms. The van der Waals surface area contributed by atoms with Gasteiger partial charge in [-0.25, -0.2) is 0 Å². The van der Waals surface area contributed by atoms with Crippen molar-refractivity contribution in [1.29, 1.82) is 0 Å². The maximum absolute atomic E-state index is 5.68. The molecule has 146 valence electrons. The van der Waals surface area contributed by atoms with Gasteiger partial charge in [-0.05, 0) is 88.4 Å². The minimum atomic E-state index is 0.622. The van der Waals surface area contributed by atoms with Crippen molar-refractivity contribution >= 4 is 40.0 Å². The van der Waals surface area contributed by atoms with Crippen molar-refractivity contribution in [3.8, 4) is 0 Å². The number of aromatic nitrogens is 1. The molecular formula is C21H30N4S2. The van der Waals surface area contributed by atoms with Crippen LogP contribution in [0.15, 0.2) is 23.2 Å². The second-order valence-electron chi connectivity index (χ2n) is 7.73. The van der Waals surface area contributed by atoms with Crippen molar-refractivity contribution < 1.29 is 0 Å². The molecule has 4 nitrogen and oxygen atoms in total.